The molecular formula is C17H32N4. The maximum absolute atomic E-state index is 4.71. The van der Waals surface area contributed by atoms with Gasteiger partial charge in [0, 0.05) is 25.3 Å². The lowest BCUT2D eigenvalue weighted by molar-refractivity contribution is 0.208. The number of likely N-dealkylation sites (tertiary alicyclic amines) is 1. The fourth-order valence-corrected chi connectivity index (χ4v) is 3.21. The fourth-order valence-electron chi connectivity index (χ4n) is 3.21. The van der Waals surface area contributed by atoms with E-state index in [0.29, 0.717) is 12.1 Å². The van der Waals surface area contributed by atoms with Crippen molar-refractivity contribution in [2.45, 2.75) is 71.5 Å². The van der Waals surface area contributed by atoms with E-state index in [2.05, 4.69) is 47.9 Å². The van der Waals surface area contributed by atoms with Crippen LogP contribution in [0.1, 0.15) is 64.6 Å². The zero-order valence-electron chi connectivity index (χ0n) is 14.0. The molecule has 0 bridgehead atoms. The van der Waals surface area contributed by atoms with Gasteiger partial charge in [-0.05, 0) is 51.8 Å². The highest BCUT2D eigenvalue weighted by atomic mass is 15.3. The van der Waals surface area contributed by atoms with Crippen LogP contribution in [0.15, 0.2) is 12.3 Å². The molecule has 0 aliphatic carbocycles. The summed E-state index contributed by atoms with van der Waals surface area (Å²) in [6.45, 7) is 11.3. The van der Waals surface area contributed by atoms with E-state index in [1.54, 1.807) is 0 Å². The highest BCUT2D eigenvalue weighted by Crippen LogP contribution is 2.14. The van der Waals surface area contributed by atoms with Gasteiger partial charge in [0.2, 0.25) is 0 Å². The average Bonchev–Trinajstić information content (AvgIpc) is 2.96. The highest BCUT2D eigenvalue weighted by molar-refractivity contribution is 4.99. The number of rotatable bonds is 8. The van der Waals surface area contributed by atoms with Crippen molar-refractivity contribution >= 4 is 0 Å². The van der Waals surface area contributed by atoms with Crippen molar-refractivity contribution in [1.82, 2.24) is 20.0 Å². The average molecular weight is 292 g/mol. The van der Waals surface area contributed by atoms with Crippen LogP contribution in [0, 0.1) is 0 Å². The van der Waals surface area contributed by atoms with E-state index in [-0.39, 0.29) is 0 Å². The minimum Gasteiger partial charge on any atom is -0.307 e. The first-order chi connectivity index (χ1) is 10.2. The van der Waals surface area contributed by atoms with E-state index >= 15 is 0 Å². The molecule has 1 aromatic rings. The van der Waals surface area contributed by atoms with Crippen LogP contribution in [0.3, 0.4) is 0 Å². The molecule has 1 aromatic heterocycles. The van der Waals surface area contributed by atoms with Gasteiger partial charge < -0.3 is 10.2 Å². The third kappa shape index (κ3) is 5.11. The first-order valence-corrected chi connectivity index (χ1v) is 8.72. The molecule has 0 saturated carbocycles. The quantitative estimate of drug-likeness (QED) is 0.798. The summed E-state index contributed by atoms with van der Waals surface area (Å²) in [5, 5.41) is 8.33. The summed E-state index contributed by atoms with van der Waals surface area (Å²) in [6.07, 6.45) is 8.57. The molecule has 1 N–H and O–H groups in total. The Hall–Kier alpha value is -0.870. The van der Waals surface area contributed by atoms with Crippen LogP contribution in [0.5, 0.6) is 0 Å². The molecule has 1 atom stereocenters. The van der Waals surface area contributed by atoms with Gasteiger partial charge in [0.1, 0.15) is 0 Å². The molecule has 1 aliphatic heterocycles. The molecule has 4 heteroatoms. The smallest absolute Gasteiger partial charge is 0.0762 e. The Morgan fingerprint density at radius 2 is 1.90 bits per heavy atom. The van der Waals surface area contributed by atoms with Gasteiger partial charge in [-0.15, -0.1) is 0 Å². The van der Waals surface area contributed by atoms with Crippen LogP contribution in [0.2, 0.25) is 0 Å². The molecule has 0 amide bonds. The topological polar surface area (TPSA) is 33.1 Å². The Morgan fingerprint density at radius 1 is 1.19 bits per heavy atom. The van der Waals surface area contributed by atoms with Crippen LogP contribution in [-0.2, 0) is 6.54 Å². The van der Waals surface area contributed by atoms with Gasteiger partial charge in [-0.25, -0.2) is 0 Å². The first kappa shape index (κ1) is 16.5. The summed E-state index contributed by atoms with van der Waals surface area (Å²) in [5.74, 6) is 0. The van der Waals surface area contributed by atoms with Crippen LogP contribution in [0.4, 0.5) is 0 Å². The Morgan fingerprint density at radius 3 is 2.57 bits per heavy atom. The van der Waals surface area contributed by atoms with Crippen molar-refractivity contribution in [3.05, 3.63) is 18.0 Å². The van der Waals surface area contributed by atoms with E-state index in [1.165, 1.54) is 32.4 Å². The SMILES string of the molecule is CCC(CC)n1ccc(CNC(C)CN2CCCCC2)n1. The molecule has 120 valence electrons. The zero-order valence-corrected chi connectivity index (χ0v) is 14.0. The monoisotopic (exact) mass is 292 g/mol. The lowest BCUT2D eigenvalue weighted by atomic mass is 10.1. The predicted molar refractivity (Wildman–Crippen MR) is 88.4 cm³/mol. The molecule has 21 heavy (non-hydrogen) atoms. The predicted octanol–water partition coefficient (Wildman–Crippen LogP) is 3.21. The van der Waals surface area contributed by atoms with Gasteiger partial charge >= 0.3 is 0 Å². The number of piperidine rings is 1. The van der Waals surface area contributed by atoms with E-state index in [0.717, 1.165) is 31.6 Å². The normalized spacial score (nSPS) is 18.3. The van der Waals surface area contributed by atoms with E-state index < -0.39 is 0 Å². The third-order valence-electron chi connectivity index (χ3n) is 4.59. The highest BCUT2D eigenvalue weighted by Gasteiger charge is 2.13. The molecule has 1 aliphatic rings. The molecule has 0 spiro atoms. The van der Waals surface area contributed by atoms with Crippen LogP contribution < -0.4 is 5.32 Å². The minimum absolute atomic E-state index is 0.529. The number of hydrogen-bond donors (Lipinski definition) is 1. The van der Waals surface area contributed by atoms with Gasteiger partial charge in [-0.1, -0.05) is 20.3 Å². The Bertz CT molecular complexity index is 391. The molecule has 0 radical (unpaired) electrons. The number of hydrogen-bond acceptors (Lipinski definition) is 3. The van der Waals surface area contributed by atoms with Gasteiger partial charge in [0.15, 0.2) is 0 Å². The third-order valence-corrected chi connectivity index (χ3v) is 4.59. The van der Waals surface area contributed by atoms with Gasteiger partial charge in [-0.2, -0.15) is 5.10 Å². The van der Waals surface area contributed by atoms with Gasteiger partial charge in [-0.3, -0.25) is 4.68 Å². The Balaban J connectivity index is 1.74. The van der Waals surface area contributed by atoms with Crippen molar-refractivity contribution in [2.24, 2.45) is 0 Å². The second kappa shape index (κ2) is 8.54. The molecule has 1 saturated heterocycles. The lowest BCUT2D eigenvalue weighted by Crippen LogP contribution is -2.41. The van der Waals surface area contributed by atoms with Crippen molar-refractivity contribution in [1.29, 1.82) is 0 Å². The summed E-state index contributed by atoms with van der Waals surface area (Å²) in [6, 6.07) is 3.23. The summed E-state index contributed by atoms with van der Waals surface area (Å²) in [5.41, 5.74) is 1.16. The summed E-state index contributed by atoms with van der Waals surface area (Å²) in [7, 11) is 0. The molecule has 2 heterocycles. The number of nitrogens with one attached hydrogen (secondary N) is 1. The number of nitrogens with zero attached hydrogens (tertiary/aromatic N) is 3. The van der Waals surface area contributed by atoms with Crippen molar-refractivity contribution in [3.8, 4) is 0 Å². The van der Waals surface area contributed by atoms with E-state index in [1.807, 2.05) is 0 Å². The van der Waals surface area contributed by atoms with Gasteiger partial charge in [0.05, 0.1) is 11.7 Å². The molecular weight excluding hydrogens is 260 g/mol. The second-order valence-corrected chi connectivity index (χ2v) is 6.40. The second-order valence-electron chi connectivity index (χ2n) is 6.40. The van der Waals surface area contributed by atoms with Crippen molar-refractivity contribution in [3.63, 3.8) is 0 Å². The molecule has 1 unspecified atom stereocenters. The van der Waals surface area contributed by atoms with Gasteiger partial charge in [0.25, 0.3) is 0 Å². The van der Waals surface area contributed by atoms with Crippen LogP contribution in [-0.4, -0.2) is 40.4 Å². The number of aromatic nitrogens is 2. The van der Waals surface area contributed by atoms with Crippen LogP contribution in [0.25, 0.3) is 0 Å². The molecule has 1 fully saturated rings. The summed E-state index contributed by atoms with van der Waals surface area (Å²) >= 11 is 0. The molecule has 0 aromatic carbocycles. The summed E-state index contributed by atoms with van der Waals surface area (Å²) < 4.78 is 2.13. The first-order valence-electron chi connectivity index (χ1n) is 8.72. The summed E-state index contributed by atoms with van der Waals surface area (Å²) in [4.78, 5) is 2.59. The van der Waals surface area contributed by atoms with Crippen molar-refractivity contribution < 1.29 is 0 Å². The lowest BCUT2D eigenvalue weighted by Gasteiger charge is -2.29. The fraction of sp³-hybridized carbons (Fsp3) is 0.824. The largest absolute Gasteiger partial charge is 0.307 e. The molecule has 4 nitrogen and oxygen atoms in total. The maximum atomic E-state index is 4.71. The van der Waals surface area contributed by atoms with Crippen LogP contribution >= 0.6 is 0 Å². The van der Waals surface area contributed by atoms with E-state index in [9.17, 15) is 0 Å². The minimum atomic E-state index is 0.529. The molecule has 2 rings (SSSR count). The Kier molecular flexibility index (Phi) is 6.71. The van der Waals surface area contributed by atoms with Crippen molar-refractivity contribution in [2.75, 3.05) is 19.6 Å². The zero-order chi connectivity index (χ0) is 15.1. The Labute approximate surface area is 129 Å². The standard InChI is InChI=1S/C17H32N4/c1-4-17(5-2)21-12-9-16(19-21)13-18-15(3)14-20-10-7-6-8-11-20/h9,12,15,17-18H,4-8,10-11,13-14H2,1-3H3. The van der Waals surface area contributed by atoms with E-state index in [4.69, 9.17) is 5.10 Å². The maximum Gasteiger partial charge on any atom is 0.0762 e.